The van der Waals surface area contributed by atoms with Gasteiger partial charge in [0, 0.05) is 28.3 Å². The van der Waals surface area contributed by atoms with E-state index in [0.29, 0.717) is 41.0 Å². The molecule has 0 aromatic carbocycles. The number of aliphatic hydroxyl groups is 1. The fraction of sp³-hybridized carbons (Fsp3) is 0.979. The SMILES string of the molecule is CC(C)(F)CC[C@@H]1CC(CC2(C3CCC(I)CC3)CC2)C[C@H](NC2CCC(C(=O)CCCCCC[C@H](O)CCC3(CC4CCCCC4)CC3)CC2)C1. The second-order valence-electron chi connectivity index (χ2n) is 20.9. The van der Waals surface area contributed by atoms with Crippen LogP contribution in [0.4, 0.5) is 4.39 Å². The van der Waals surface area contributed by atoms with E-state index in [-0.39, 0.29) is 12.0 Å². The molecule has 0 aromatic rings. The Morgan fingerprint density at radius 3 is 2.13 bits per heavy atom. The van der Waals surface area contributed by atoms with Crippen LogP contribution in [0.3, 0.4) is 0 Å². The highest BCUT2D eigenvalue weighted by atomic mass is 127. The number of hydrogen-bond donors (Lipinski definition) is 2. The van der Waals surface area contributed by atoms with Crippen molar-refractivity contribution >= 4 is 28.4 Å². The lowest BCUT2D eigenvalue weighted by atomic mass is 9.68. The van der Waals surface area contributed by atoms with Gasteiger partial charge in [-0.15, -0.1) is 0 Å². The van der Waals surface area contributed by atoms with Crippen LogP contribution in [-0.4, -0.2) is 38.7 Å². The summed E-state index contributed by atoms with van der Waals surface area (Å²) in [4.78, 5) is 13.2. The standard InChI is InChI=1S/C47H81FINO2/c1-45(2,48)24-22-36-30-37(34-47(28-29-47)39-16-18-40(49)19-17-39)32-42(31-36)50-41-20-14-38(15-21-41)44(52)13-9-4-3-8-12-43(51)23-25-46(26-27-46)33-35-10-6-5-7-11-35/h35-43,50-51H,3-34H2,1-2H3/t36-,37?,38?,39?,40?,41?,42-,43+/m1/s1. The topological polar surface area (TPSA) is 49.3 Å². The average molecular weight is 838 g/mol. The van der Waals surface area contributed by atoms with Crippen molar-refractivity contribution in [3.8, 4) is 0 Å². The molecule has 300 valence electrons. The summed E-state index contributed by atoms with van der Waals surface area (Å²) in [5.41, 5.74) is 0.174. The van der Waals surface area contributed by atoms with Crippen LogP contribution in [0.2, 0.25) is 0 Å². The molecule has 1 unspecified atom stereocenters. The first-order valence-corrected chi connectivity index (χ1v) is 24.5. The summed E-state index contributed by atoms with van der Waals surface area (Å²) < 4.78 is 15.5. The number of carbonyl (C=O) groups is 1. The van der Waals surface area contributed by atoms with Crippen LogP contribution in [-0.2, 0) is 4.79 Å². The van der Waals surface area contributed by atoms with Gasteiger partial charge in [-0.1, -0.05) is 74.0 Å². The minimum absolute atomic E-state index is 0.123. The lowest BCUT2D eigenvalue weighted by Crippen LogP contribution is -2.45. The normalized spacial score (nSPS) is 34.1. The van der Waals surface area contributed by atoms with Gasteiger partial charge < -0.3 is 10.4 Å². The van der Waals surface area contributed by atoms with Gasteiger partial charge in [-0.3, -0.25) is 4.79 Å². The molecule has 0 amide bonds. The number of ketones is 1. The Bertz CT molecular complexity index is 1060. The maximum absolute atomic E-state index is 14.6. The largest absolute Gasteiger partial charge is 0.393 e. The highest BCUT2D eigenvalue weighted by molar-refractivity contribution is 14.1. The van der Waals surface area contributed by atoms with Gasteiger partial charge in [-0.2, -0.15) is 0 Å². The zero-order valence-electron chi connectivity index (χ0n) is 33.9. The quantitative estimate of drug-likeness (QED) is 0.0688. The molecule has 6 rings (SSSR count). The number of Topliss-reactive ketones (excluding diaryl/α,β-unsaturated/α-hetero) is 1. The first kappa shape index (κ1) is 41.9. The second-order valence-corrected chi connectivity index (χ2v) is 22.7. The van der Waals surface area contributed by atoms with Crippen molar-refractivity contribution in [3.63, 3.8) is 0 Å². The number of halogens is 2. The van der Waals surface area contributed by atoms with Crippen LogP contribution < -0.4 is 5.32 Å². The zero-order chi connectivity index (χ0) is 36.6. The number of nitrogens with one attached hydrogen (secondary N) is 1. The average Bonchev–Trinajstić information content (AvgIpc) is 4.07. The highest BCUT2D eigenvalue weighted by Crippen LogP contribution is 2.62. The Hall–Kier alpha value is 0.250. The van der Waals surface area contributed by atoms with Crippen molar-refractivity contribution in [2.24, 2.45) is 40.4 Å². The third-order valence-electron chi connectivity index (χ3n) is 15.9. The summed E-state index contributed by atoms with van der Waals surface area (Å²) in [6.45, 7) is 3.53. The van der Waals surface area contributed by atoms with E-state index in [4.69, 9.17) is 0 Å². The molecule has 0 aromatic heterocycles. The Morgan fingerprint density at radius 2 is 1.46 bits per heavy atom. The molecule has 2 N–H and O–H groups in total. The van der Waals surface area contributed by atoms with Crippen molar-refractivity contribution in [2.75, 3.05) is 0 Å². The molecule has 0 aliphatic heterocycles. The highest BCUT2D eigenvalue weighted by Gasteiger charge is 2.51. The van der Waals surface area contributed by atoms with E-state index in [0.717, 1.165) is 98.7 Å². The van der Waals surface area contributed by atoms with E-state index in [1.807, 2.05) is 0 Å². The number of rotatable bonds is 21. The van der Waals surface area contributed by atoms with Crippen molar-refractivity contribution in [2.45, 2.75) is 247 Å². The predicted octanol–water partition coefficient (Wildman–Crippen LogP) is 13.4. The summed E-state index contributed by atoms with van der Waals surface area (Å²) in [5, 5.41) is 14.8. The van der Waals surface area contributed by atoms with Crippen LogP contribution in [0, 0.1) is 40.4 Å². The van der Waals surface area contributed by atoms with Crippen LogP contribution >= 0.6 is 22.6 Å². The Kier molecular flexibility index (Phi) is 15.8. The third-order valence-corrected chi connectivity index (χ3v) is 17.2. The number of hydrogen-bond acceptors (Lipinski definition) is 3. The van der Waals surface area contributed by atoms with E-state index >= 15 is 0 Å². The maximum Gasteiger partial charge on any atom is 0.135 e. The lowest BCUT2D eigenvalue weighted by Gasteiger charge is -2.42. The van der Waals surface area contributed by atoms with Gasteiger partial charge in [0.05, 0.1) is 6.10 Å². The molecular formula is C47H81FINO2. The van der Waals surface area contributed by atoms with Crippen LogP contribution in [0.15, 0.2) is 0 Å². The van der Waals surface area contributed by atoms with Gasteiger partial charge in [0.25, 0.3) is 0 Å². The summed E-state index contributed by atoms with van der Waals surface area (Å²) in [6.07, 6.45) is 39.8. The summed E-state index contributed by atoms with van der Waals surface area (Å²) >= 11 is 2.68. The molecule has 0 saturated heterocycles. The molecule has 0 heterocycles. The number of carbonyl (C=O) groups excluding carboxylic acids is 1. The summed E-state index contributed by atoms with van der Waals surface area (Å²) in [7, 11) is 0. The van der Waals surface area contributed by atoms with Crippen molar-refractivity contribution in [1.29, 1.82) is 0 Å². The van der Waals surface area contributed by atoms with Gasteiger partial charge in [0.15, 0.2) is 0 Å². The van der Waals surface area contributed by atoms with Gasteiger partial charge >= 0.3 is 0 Å². The first-order chi connectivity index (χ1) is 25.0. The number of aliphatic hydroxyl groups excluding tert-OH is 1. The molecule has 6 fully saturated rings. The molecule has 0 spiro atoms. The fourth-order valence-corrected chi connectivity index (χ4v) is 13.1. The van der Waals surface area contributed by atoms with Gasteiger partial charge in [0.1, 0.15) is 11.5 Å². The molecule has 4 atom stereocenters. The van der Waals surface area contributed by atoms with Crippen molar-refractivity contribution in [1.82, 2.24) is 5.32 Å². The van der Waals surface area contributed by atoms with Gasteiger partial charge in [-0.05, 0) is 196 Å². The molecule has 52 heavy (non-hydrogen) atoms. The van der Waals surface area contributed by atoms with Crippen LogP contribution in [0.25, 0.3) is 0 Å². The molecule has 0 radical (unpaired) electrons. The number of alkyl halides is 2. The summed E-state index contributed by atoms with van der Waals surface area (Å²) in [5.74, 6) is 4.17. The van der Waals surface area contributed by atoms with E-state index < -0.39 is 5.67 Å². The van der Waals surface area contributed by atoms with Crippen molar-refractivity contribution < 1.29 is 14.3 Å². The minimum Gasteiger partial charge on any atom is -0.393 e. The Labute approximate surface area is 333 Å². The van der Waals surface area contributed by atoms with E-state index in [2.05, 4.69) is 27.9 Å². The molecule has 3 nitrogen and oxygen atoms in total. The maximum atomic E-state index is 14.6. The zero-order valence-corrected chi connectivity index (χ0v) is 36.1. The van der Waals surface area contributed by atoms with E-state index in [1.54, 1.807) is 13.8 Å². The molecule has 6 saturated carbocycles. The molecular weight excluding hydrogens is 756 g/mol. The van der Waals surface area contributed by atoms with E-state index in [1.165, 1.54) is 122 Å². The molecule has 0 bridgehead atoms. The molecule has 6 aliphatic carbocycles. The van der Waals surface area contributed by atoms with Crippen LogP contribution in [0.1, 0.15) is 219 Å². The molecule has 6 aliphatic rings. The second kappa shape index (κ2) is 19.6. The van der Waals surface area contributed by atoms with Gasteiger partial charge in [-0.25, -0.2) is 4.39 Å². The molecule has 5 heteroatoms. The first-order valence-electron chi connectivity index (χ1n) is 23.3. The smallest absolute Gasteiger partial charge is 0.135 e. The summed E-state index contributed by atoms with van der Waals surface area (Å²) in [6, 6.07) is 1.12. The number of unbranched alkanes of at least 4 members (excludes halogenated alkanes) is 3. The minimum atomic E-state index is -1.06. The Balaban J connectivity index is 0.845. The third kappa shape index (κ3) is 13.4. The predicted molar refractivity (Wildman–Crippen MR) is 225 cm³/mol. The lowest BCUT2D eigenvalue weighted by molar-refractivity contribution is -0.124. The van der Waals surface area contributed by atoms with E-state index in [9.17, 15) is 14.3 Å². The fourth-order valence-electron chi connectivity index (χ4n) is 12.3. The monoisotopic (exact) mass is 838 g/mol. The van der Waals surface area contributed by atoms with Gasteiger partial charge in [0.2, 0.25) is 0 Å². The van der Waals surface area contributed by atoms with Crippen LogP contribution in [0.5, 0.6) is 0 Å². The van der Waals surface area contributed by atoms with Crippen molar-refractivity contribution in [3.05, 3.63) is 0 Å². The Morgan fingerprint density at radius 1 is 0.769 bits per heavy atom.